The lowest BCUT2D eigenvalue weighted by molar-refractivity contribution is -0.123. The van der Waals surface area contributed by atoms with Crippen molar-refractivity contribution in [3.8, 4) is 0 Å². The van der Waals surface area contributed by atoms with Crippen LogP contribution in [0, 0.1) is 12.7 Å². The number of rotatable bonds is 6. The number of halogens is 1. The van der Waals surface area contributed by atoms with Crippen molar-refractivity contribution in [1.82, 2.24) is 10.6 Å². The minimum atomic E-state index is -0.696. The van der Waals surface area contributed by atoms with Gasteiger partial charge in [0.25, 0.3) is 5.91 Å². The summed E-state index contributed by atoms with van der Waals surface area (Å²) in [5.41, 5.74) is 1.87. The predicted molar refractivity (Wildman–Crippen MR) is 93.7 cm³/mol. The van der Waals surface area contributed by atoms with Gasteiger partial charge in [0.1, 0.15) is 11.9 Å². The summed E-state index contributed by atoms with van der Waals surface area (Å²) in [5.74, 6) is -1.12. The molecule has 1 aliphatic carbocycles. The van der Waals surface area contributed by atoms with Gasteiger partial charge in [-0.15, -0.1) is 0 Å². The minimum Gasteiger partial charge on any atom is -0.352 e. The highest BCUT2D eigenvalue weighted by molar-refractivity contribution is 5.98. The molecule has 0 aliphatic heterocycles. The Labute approximate surface area is 146 Å². The summed E-state index contributed by atoms with van der Waals surface area (Å²) < 4.78 is 13.5. The number of amides is 2. The van der Waals surface area contributed by atoms with Crippen LogP contribution in [-0.2, 0) is 11.2 Å². The van der Waals surface area contributed by atoms with Gasteiger partial charge >= 0.3 is 0 Å². The molecule has 0 aromatic heterocycles. The number of hydrogen-bond acceptors (Lipinski definition) is 2. The molecule has 0 bridgehead atoms. The first-order valence-corrected chi connectivity index (χ1v) is 8.44. The van der Waals surface area contributed by atoms with E-state index in [0.717, 1.165) is 18.4 Å². The van der Waals surface area contributed by atoms with Crippen molar-refractivity contribution in [1.29, 1.82) is 0 Å². The predicted octanol–water partition coefficient (Wildman–Crippen LogP) is 2.75. The molecule has 1 saturated carbocycles. The largest absolute Gasteiger partial charge is 0.352 e. The van der Waals surface area contributed by atoms with Gasteiger partial charge in [0.2, 0.25) is 5.91 Å². The number of nitrogens with one attached hydrogen (secondary N) is 2. The standard InChI is InChI=1S/C20H21FN2O2/c1-13-7-8-15(21)12-17(13)19(24)23-18(20(25)22-16-9-10-16)11-14-5-3-2-4-6-14/h2-8,12,16,18H,9-11H2,1H3,(H,22,25)(H,23,24)/t18-/m1/s1. The Morgan fingerprint density at radius 3 is 2.56 bits per heavy atom. The Kier molecular flexibility index (Phi) is 5.12. The van der Waals surface area contributed by atoms with Crippen LogP contribution in [0.15, 0.2) is 48.5 Å². The molecule has 1 atom stereocenters. The average molecular weight is 340 g/mol. The van der Waals surface area contributed by atoms with Gasteiger partial charge in [0, 0.05) is 18.0 Å². The second-order valence-corrected chi connectivity index (χ2v) is 6.46. The normalized spacial score (nSPS) is 14.6. The number of aryl methyl sites for hydroxylation is 1. The van der Waals surface area contributed by atoms with Gasteiger partial charge in [-0.3, -0.25) is 9.59 Å². The fourth-order valence-corrected chi connectivity index (χ4v) is 2.66. The Morgan fingerprint density at radius 1 is 1.16 bits per heavy atom. The molecule has 4 nitrogen and oxygen atoms in total. The van der Waals surface area contributed by atoms with Crippen molar-refractivity contribution in [2.75, 3.05) is 0 Å². The highest BCUT2D eigenvalue weighted by atomic mass is 19.1. The molecule has 25 heavy (non-hydrogen) atoms. The number of hydrogen-bond donors (Lipinski definition) is 2. The smallest absolute Gasteiger partial charge is 0.252 e. The summed E-state index contributed by atoms with van der Waals surface area (Å²) >= 11 is 0. The molecule has 0 heterocycles. The third kappa shape index (κ3) is 4.66. The van der Waals surface area contributed by atoms with E-state index in [2.05, 4.69) is 10.6 Å². The second-order valence-electron chi connectivity index (χ2n) is 6.46. The maximum Gasteiger partial charge on any atom is 0.252 e. The molecule has 1 aliphatic rings. The zero-order chi connectivity index (χ0) is 17.8. The molecule has 2 amide bonds. The molecule has 0 saturated heterocycles. The van der Waals surface area contributed by atoms with Crippen molar-refractivity contribution in [3.05, 3.63) is 71.0 Å². The minimum absolute atomic E-state index is 0.200. The zero-order valence-electron chi connectivity index (χ0n) is 14.1. The van der Waals surface area contributed by atoms with E-state index in [0.29, 0.717) is 12.0 Å². The van der Waals surface area contributed by atoms with E-state index in [9.17, 15) is 14.0 Å². The van der Waals surface area contributed by atoms with E-state index in [1.54, 1.807) is 13.0 Å². The van der Waals surface area contributed by atoms with Crippen LogP contribution < -0.4 is 10.6 Å². The van der Waals surface area contributed by atoms with E-state index in [1.165, 1.54) is 12.1 Å². The van der Waals surface area contributed by atoms with E-state index in [-0.39, 0.29) is 17.5 Å². The monoisotopic (exact) mass is 340 g/mol. The van der Waals surface area contributed by atoms with Gasteiger partial charge in [-0.05, 0) is 43.0 Å². The van der Waals surface area contributed by atoms with Crippen LogP contribution in [0.5, 0.6) is 0 Å². The van der Waals surface area contributed by atoms with Crippen molar-refractivity contribution in [3.63, 3.8) is 0 Å². The third-order valence-electron chi connectivity index (χ3n) is 4.27. The molecule has 0 radical (unpaired) electrons. The van der Waals surface area contributed by atoms with Crippen LogP contribution >= 0.6 is 0 Å². The lowest BCUT2D eigenvalue weighted by Gasteiger charge is -2.19. The Morgan fingerprint density at radius 2 is 1.88 bits per heavy atom. The number of benzene rings is 2. The summed E-state index contributed by atoms with van der Waals surface area (Å²) in [6.45, 7) is 1.74. The molecule has 5 heteroatoms. The molecule has 3 rings (SSSR count). The van der Waals surface area contributed by atoms with E-state index in [1.807, 2.05) is 30.3 Å². The van der Waals surface area contributed by atoms with Crippen molar-refractivity contribution < 1.29 is 14.0 Å². The average Bonchev–Trinajstić information content (AvgIpc) is 3.41. The van der Waals surface area contributed by atoms with Crippen LogP contribution in [0.25, 0.3) is 0 Å². The number of carbonyl (C=O) groups excluding carboxylic acids is 2. The lowest BCUT2D eigenvalue weighted by atomic mass is 10.0. The lowest BCUT2D eigenvalue weighted by Crippen LogP contribution is -2.48. The van der Waals surface area contributed by atoms with Crippen molar-refractivity contribution >= 4 is 11.8 Å². The van der Waals surface area contributed by atoms with Gasteiger partial charge in [0.05, 0.1) is 0 Å². The molecule has 130 valence electrons. The first-order valence-electron chi connectivity index (χ1n) is 8.44. The molecule has 2 aromatic rings. The van der Waals surface area contributed by atoms with E-state index >= 15 is 0 Å². The van der Waals surface area contributed by atoms with Crippen LogP contribution in [-0.4, -0.2) is 23.9 Å². The van der Waals surface area contributed by atoms with Gasteiger partial charge in [-0.2, -0.15) is 0 Å². The first kappa shape index (κ1) is 17.1. The fraction of sp³-hybridized carbons (Fsp3) is 0.300. The van der Waals surface area contributed by atoms with Crippen molar-refractivity contribution in [2.24, 2.45) is 0 Å². The Balaban J connectivity index is 1.77. The van der Waals surface area contributed by atoms with Crippen LogP contribution in [0.4, 0.5) is 4.39 Å². The summed E-state index contributed by atoms with van der Waals surface area (Å²) in [6.07, 6.45) is 2.33. The fourth-order valence-electron chi connectivity index (χ4n) is 2.66. The molecule has 0 spiro atoms. The molecule has 1 fully saturated rings. The molecule has 0 unspecified atom stereocenters. The van der Waals surface area contributed by atoms with Crippen LogP contribution in [0.3, 0.4) is 0 Å². The van der Waals surface area contributed by atoms with Gasteiger partial charge < -0.3 is 10.6 Å². The van der Waals surface area contributed by atoms with Crippen LogP contribution in [0.1, 0.15) is 34.3 Å². The number of carbonyl (C=O) groups is 2. The zero-order valence-corrected chi connectivity index (χ0v) is 14.1. The van der Waals surface area contributed by atoms with Gasteiger partial charge in [0.15, 0.2) is 0 Å². The maximum atomic E-state index is 13.5. The summed E-state index contributed by atoms with van der Waals surface area (Å²) in [4.78, 5) is 25.1. The van der Waals surface area contributed by atoms with Gasteiger partial charge in [-0.1, -0.05) is 36.4 Å². The molecule has 2 N–H and O–H groups in total. The topological polar surface area (TPSA) is 58.2 Å². The second kappa shape index (κ2) is 7.47. The van der Waals surface area contributed by atoms with Crippen molar-refractivity contribution in [2.45, 2.75) is 38.3 Å². The first-order chi connectivity index (χ1) is 12.0. The third-order valence-corrected chi connectivity index (χ3v) is 4.27. The maximum absolute atomic E-state index is 13.5. The molecular weight excluding hydrogens is 319 g/mol. The molecule has 2 aromatic carbocycles. The summed E-state index contributed by atoms with van der Waals surface area (Å²) in [7, 11) is 0. The SMILES string of the molecule is Cc1ccc(F)cc1C(=O)N[C@H](Cc1ccccc1)C(=O)NC1CC1. The summed E-state index contributed by atoms with van der Waals surface area (Å²) in [5, 5.41) is 5.69. The summed E-state index contributed by atoms with van der Waals surface area (Å²) in [6, 6.07) is 13.1. The van der Waals surface area contributed by atoms with E-state index in [4.69, 9.17) is 0 Å². The molecular formula is C20H21FN2O2. The van der Waals surface area contributed by atoms with Gasteiger partial charge in [-0.25, -0.2) is 4.39 Å². The highest BCUT2D eigenvalue weighted by Gasteiger charge is 2.29. The quantitative estimate of drug-likeness (QED) is 0.849. The van der Waals surface area contributed by atoms with E-state index < -0.39 is 17.8 Å². The highest BCUT2D eigenvalue weighted by Crippen LogP contribution is 2.19. The Bertz CT molecular complexity index is 773. The van der Waals surface area contributed by atoms with Crippen LogP contribution in [0.2, 0.25) is 0 Å². The Hall–Kier alpha value is -2.69.